The molecule has 2 heterocycles. The number of hydrogen-bond acceptors (Lipinski definition) is 8. The van der Waals surface area contributed by atoms with Gasteiger partial charge in [-0.25, -0.2) is 9.63 Å². The Morgan fingerprint density at radius 3 is 1.88 bits per heavy atom. The van der Waals surface area contributed by atoms with E-state index >= 15 is 0 Å². The largest absolute Gasteiger partial charge is 0.366 e. The Morgan fingerprint density at radius 2 is 1.42 bits per heavy atom. The molecule has 1 saturated carbocycles. The molecule has 3 unspecified atom stereocenters. The Morgan fingerprint density at radius 1 is 0.917 bits per heavy atom. The van der Waals surface area contributed by atoms with Crippen LogP contribution in [0.4, 0.5) is 0 Å². The first-order valence-corrected chi connectivity index (χ1v) is 7.66. The highest BCUT2D eigenvalue weighted by atomic mass is 16.8. The molecule has 3 rings (SSSR count). The number of hydrogen-bond donors (Lipinski definition) is 1. The number of rotatable bonds is 5. The first kappa shape index (κ1) is 16.5. The summed E-state index contributed by atoms with van der Waals surface area (Å²) in [5.74, 6) is -4.57. The molecule has 3 atom stereocenters. The van der Waals surface area contributed by atoms with E-state index < -0.39 is 47.7 Å². The highest BCUT2D eigenvalue weighted by molar-refractivity contribution is 6.02. The maximum Gasteiger partial charge on any atom is 0.336 e. The molecule has 0 radical (unpaired) electrons. The second-order valence-electron chi connectivity index (χ2n) is 5.92. The van der Waals surface area contributed by atoms with E-state index in [2.05, 4.69) is 0 Å². The SMILES string of the molecule is O=C(ON1C(=O)CCC1=O)C1CCC1C(O)ON1C(=O)CCC1=O. The minimum absolute atomic E-state index is 0.00880. The predicted octanol–water partition coefficient (Wildman–Crippen LogP) is -0.981. The van der Waals surface area contributed by atoms with Gasteiger partial charge in [-0.15, -0.1) is 5.06 Å². The van der Waals surface area contributed by atoms with E-state index in [-0.39, 0.29) is 25.7 Å². The van der Waals surface area contributed by atoms with E-state index in [1.54, 1.807) is 0 Å². The van der Waals surface area contributed by atoms with Crippen molar-refractivity contribution in [1.29, 1.82) is 0 Å². The standard InChI is InChI=1S/C14H16N2O8/c17-9-3-4-10(18)15(9)23-13(21)7-1-2-8(7)14(22)24-16-11(19)5-6-12(16)20/h7-8,13,21H,1-6H2. The van der Waals surface area contributed by atoms with Gasteiger partial charge in [0.15, 0.2) is 6.29 Å². The molecule has 10 nitrogen and oxygen atoms in total. The van der Waals surface area contributed by atoms with Crippen LogP contribution in [-0.2, 0) is 33.6 Å². The van der Waals surface area contributed by atoms with Crippen molar-refractivity contribution in [1.82, 2.24) is 10.1 Å². The van der Waals surface area contributed by atoms with Crippen molar-refractivity contribution in [3.05, 3.63) is 0 Å². The highest BCUT2D eigenvalue weighted by Crippen LogP contribution is 2.39. The maximum absolute atomic E-state index is 12.1. The molecule has 1 aliphatic carbocycles. The van der Waals surface area contributed by atoms with Crippen LogP contribution in [0.5, 0.6) is 0 Å². The van der Waals surface area contributed by atoms with Crippen molar-refractivity contribution in [2.75, 3.05) is 0 Å². The van der Waals surface area contributed by atoms with Gasteiger partial charge in [-0.3, -0.25) is 19.2 Å². The monoisotopic (exact) mass is 340 g/mol. The number of hydroxylamine groups is 4. The van der Waals surface area contributed by atoms with Crippen molar-refractivity contribution < 1.29 is 38.8 Å². The minimum atomic E-state index is -1.53. The zero-order valence-electron chi connectivity index (χ0n) is 12.7. The van der Waals surface area contributed by atoms with Crippen LogP contribution >= 0.6 is 0 Å². The van der Waals surface area contributed by atoms with Gasteiger partial charge in [0, 0.05) is 31.6 Å². The molecule has 0 bridgehead atoms. The third kappa shape index (κ3) is 2.89. The van der Waals surface area contributed by atoms with Crippen LogP contribution < -0.4 is 0 Å². The summed E-state index contributed by atoms with van der Waals surface area (Å²) in [5, 5.41) is 11.0. The van der Waals surface area contributed by atoms with E-state index in [0.717, 1.165) is 0 Å². The Hall–Kier alpha value is -2.33. The van der Waals surface area contributed by atoms with Gasteiger partial charge in [-0.1, -0.05) is 0 Å². The fourth-order valence-electron chi connectivity index (χ4n) is 2.84. The van der Waals surface area contributed by atoms with Crippen LogP contribution in [0, 0.1) is 11.8 Å². The second-order valence-corrected chi connectivity index (χ2v) is 5.92. The summed E-state index contributed by atoms with van der Waals surface area (Å²) in [4.78, 5) is 67.7. The van der Waals surface area contributed by atoms with Crippen molar-refractivity contribution >= 4 is 29.6 Å². The Labute approximate surface area is 136 Å². The van der Waals surface area contributed by atoms with Crippen LogP contribution in [0.1, 0.15) is 38.5 Å². The number of carbonyl (C=O) groups is 5. The molecular formula is C14H16N2O8. The number of nitrogens with zero attached hydrogens (tertiary/aromatic N) is 2. The highest BCUT2D eigenvalue weighted by Gasteiger charge is 2.47. The molecule has 0 spiro atoms. The summed E-state index contributed by atoms with van der Waals surface area (Å²) >= 11 is 0. The molecule has 2 saturated heterocycles. The van der Waals surface area contributed by atoms with Crippen LogP contribution in [0.25, 0.3) is 0 Å². The van der Waals surface area contributed by atoms with Gasteiger partial charge in [-0.2, -0.15) is 5.06 Å². The molecular weight excluding hydrogens is 324 g/mol. The quantitative estimate of drug-likeness (QED) is 0.499. The lowest BCUT2D eigenvalue weighted by molar-refractivity contribution is -0.274. The fraction of sp³-hybridized carbons (Fsp3) is 0.643. The molecule has 4 amide bonds. The normalized spacial score (nSPS) is 28.4. The summed E-state index contributed by atoms with van der Waals surface area (Å²) in [6, 6.07) is 0. The zero-order valence-corrected chi connectivity index (χ0v) is 12.7. The first-order chi connectivity index (χ1) is 11.4. The molecule has 0 aromatic carbocycles. The molecule has 24 heavy (non-hydrogen) atoms. The van der Waals surface area contributed by atoms with Gasteiger partial charge in [0.2, 0.25) is 0 Å². The summed E-state index contributed by atoms with van der Waals surface area (Å²) < 4.78 is 0. The smallest absolute Gasteiger partial charge is 0.336 e. The maximum atomic E-state index is 12.1. The molecule has 0 aromatic rings. The molecule has 10 heteroatoms. The van der Waals surface area contributed by atoms with Crippen molar-refractivity contribution in [2.24, 2.45) is 11.8 Å². The fourth-order valence-corrected chi connectivity index (χ4v) is 2.84. The van der Waals surface area contributed by atoms with E-state index in [0.29, 0.717) is 23.0 Å². The summed E-state index contributed by atoms with van der Waals surface area (Å²) in [6.07, 6.45) is -0.730. The second kappa shape index (κ2) is 6.29. The van der Waals surface area contributed by atoms with E-state index in [4.69, 9.17) is 9.68 Å². The minimum Gasteiger partial charge on any atom is -0.366 e. The predicted molar refractivity (Wildman–Crippen MR) is 71.6 cm³/mol. The Balaban J connectivity index is 1.56. The lowest BCUT2D eigenvalue weighted by Crippen LogP contribution is -2.47. The third-order valence-corrected chi connectivity index (χ3v) is 4.40. The van der Waals surface area contributed by atoms with Gasteiger partial charge in [0.1, 0.15) is 0 Å². The number of amides is 4. The van der Waals surface area contributed by atoms with E-state index in [9.17, 15) is 29.1 Å². The zero-order chi connectivity index (χ0) is 17.4. The first-order valence-electron chi connectivity index (χ1n) is 7.66. The van der Waals surface area contributed by atoms with Crippen molar-refractivity contribution in [2.45, 2.75) is 44.8 Å². The van der Waals surface area contributed by atoms with Gasteiger partial charge in [-0.05, 0) is 12.8 Å². The van der Waals surface area contributed by atoms with Crippen LogP contribution in [-0.4, -0.2) is 51.1 Å². The van der Waals surface area contributed by atoms with Crippen molar-refractivity contribution in [3.8, 4) is 0 Å². The van der Waals surface area contributed by atoms with Gasteiger partial charge in [0.25, 0.3) is 23.6 Å². The van der Waals surface area contributed by atoms with Crippen LogP contribution in [0.2, 0.25) is 0 Å². The lowest BCUT2D eigenvalue weighted by Gasteiger charge is -2.38. The molecule has 3 aliphatic rings. The van der Waals surface area contributed by atoms with Crippen LogP contribution in [0.15, 0.2) is 0 Å². The topological polar surface area (TPSA) is 131 Å². The Bertz CT molecular complexity index is 586. The third-order valence-electron chi connectivity index (χ3n) is 4.40. The van der Waals surface area contributed by atoms with Gasteiger partial charge in [0.05, 0.1) is 5.92 Å². The van der Waals surface area contributed by atoms with E-state index in [1.165, 1.54) is 0 Å². The number of imide groups is 2. The molecule has 3 fully saturated rings. The van der Waals surface area contributed by atoms with Gasteiger partial charge >= 0.3 is 5.97 Å². The Kier molecular flexibility index (Phi) is 4.33. The molecule has 130 valence electrons. The molecule has 0 aromatic heterocycles. The van der Waals surface area contributed by atoms with E-state index in [1.807, 2.05) is 0 Å². The number of aliphatic hydroxyl groups excluding tert-OH is 1. The molecule has 2 aliphatic heterocycles. The number of carbonyl (C=O) groups excluding carboxylic acids is 5. The summed E-state index contributed by atoms with van der Waals surface area (Å²) in [5.41, 5.74) is 0. The van der Waals surface area contributed by atoms with Crippen LogP contribution in [0.3, 0.4) is 0 Å². The van der Waals surface area contributed by atoms with Crippen molar-refractivity contribution in [3.63, 3.8) is 0 Å². The average Bonchev–Trinajstić information content (AvgIpc) is 2.96. The molecule has 1 N–H and O–H groups in total. The number of aliphatic hydroxyl groups is 1. The van der Waals surface area contributed by atoms with Gasteiger partial charge < -0.3 is 9.94 Å². The lowest BCUT2D eigenvalue weighted by atomic mass is 9.73. The summed E-state index contributed by atoms with van der Waals surface area (Å²) in [6.45, 7) is 0. The average molecular weight is 340 g/mol. The summed E-state index contributed by atoms with van der Waals surface area (Å²) in [7, 11) is 0.